The maximum atomic E-state index is 13.0. The lowest BCUT2D eigenvalue weighted by atomic mass is 9.93. The van der Waals surface area contributed by atoms with Crippen LogP contribution < -0.4 is 10.1 Å². The Morgan fingerprint density at radius 3 is 2.80 bits per heavy atom. The minimum atomic E-state index is 0.131. The number of thiophene rings is 1. The van der Waals surface area contributed by atoms with E-state index in [9.17, 15) is 4.79 Å². The molecule has 0 bridgehead atoms. The van der Waals surface area contributed by atoms with Gasteiger partial charge in [0.05, 0.1) is 12.6 Å². The largest absolute Gasteiger partial charge is 0.491 e. The zero-order chi connectivity index (χ0) is 20.9. The van der Waals surface area contributed by atoms with E-state index in [1.165, 1.54) is 15.3 Å². The summed E-state index contributed by atoms with van der Waals surface area (Å²) < 4.78 is 10.8. The van der Waals surface area contributed by atoms with Crippen LogP contribution >= 0.6 is 11.3 Å². The molecule has 1 saturated carbocycles. The van der Waals surface area contributed by atoms with Crippen molar-refractivity contribution in [3.63, 3.8) is 0 Å². The van der Waals surface area contributed by atoms with Gasteiger partial charge in [-0.1, -0.05) is 12.1 Å². The van der Waals surface area contributed by atoms with Crippen LogP contribution in [0, 0.1) is 12.8 Å². The lowest BCUT2D eigenvalue weighted by Crippen LogP contribution is -2.50. The van der Waals surface area contributed by atoms with Gasteiger partial charge in [-0.2, -0.15) is 0 Å². The normalized spacial score (nSPS) is 21.6. The molecule has 1 aromatic heterocycles. The number of carbonyl (C=O) groups excluding carboxylic acids is 1. The molecular formula is C24H32N2O3S. The Hall–Kier alpha value is -1.89. The van der Waals surface area contributed by atoms with Crippen LogP contribution in [-0.2, 0) is 16.1 Å². The monoisotopic (exact) mass is 428 g/mol. The number of methoxy groups -OCH3 is 1. The summed E-state index contributed by atoms with van der Waals surface area (Å²) in [6.45, 7) is 4.91. The van der Waals surface area contributed by atoms with Gasteiger partial charge < -0.3 is 19.7 Å². The lowest BCUT2D eigenvalue weighted by molar-refractivity contribution is -0.137. The predicted molar refractivity (Wildman–Crippen MR) is 120 cm³/mol. The number of rotatable bonds is 9. The second kappa shape index (κ2) is 9.94. The third-order valence-electron chi connectivity index (χ3n) is 5.92. The molecule has 6 heteroatoms. The van der Waals surface area contributed by atoms with E-state index in [-0.39, 0.29) is 18.0 Å². The van der Waals surface area contributed by atoms with E-state index in [0.29, 0.717) is 19.1 Å². The third kappa shape index (κ3) is 5.23. The van der Waals surface area contributed by atoms with Gasteiger partial charge in [-0.3, -0.25) is 4.79 Å². The number of nitrogens with zero attached hydrogens (tertiary/aromatic N) is 1. The number of amides is 1. The Kier molecular flexibility index (Phi) is 7.08. The van der Waals surface area contributed by atoms with E-state index in [0.717, 1.165) is 44.5 Å². The van der Waals surface area contributed by atoms with Crippen LogP contribution in [0.1, 0.15) is 47.0 Å². The smallest absolute Gasteiger partial charge is 0.226 e. The van der Waals surface area contributed by atoms with E-state index in [2.05, 4.69) is 41.4 Å². The molecule has 2 aliphatic rings. The molecule has 1 amide bonds. The van der Waals surface area contributed by atoms with Gasteiger partial charge in [0.2, 0.25) is 5.91 Å². The van der Waals surface area contributed by atoms with Crippen LogP contribution in [0.2, 0.25) is 0 Å². The van der Waals surface area contributed by atoms with E-state index in [1.54, 1.807) is 7.11 Å². The first-order valence-corrected chi connectivity index (χ1v) is 11.8. The highest BCUT2D eigenvalue weighted by Gasteiger charge is 2.41. The number of carbonyl (C=O) groups is 1. The molecule has 0 spiro atoms. The first kappa shape index (κ1) is 21.3. The standard InChI is InChI=1S/C24H32N2O3S/c1-17-8-11-22(30-17)23-21(7-4-12-26(23)24(27)19-9-10-19)25-16-18-5-3-6-20(15-18)29-14-13-28-2/h3,5-6,8,11,15,19,21,23,25H,4,7,9-10,12-14,16H2,1-2H3/t21-,23-/m1/s1. The Bertz CT molecular complexity index is 848. The number of hydrogen-bond acceptors (Lipinski definition) is 5. The van der Waals surface area contributed by atoms with E-state index >= 15 is 0 Å². The molecule has 2 atom stereocenters. The molecule has 30 heavy (non-hydrogen) atoms. The van der Waals surface area contributed by atoms with Crippen LogP contribution in [-0.4, -0.2) is 43.7 Å². The summed E-state index contributed by atoms with van der Waals surface area (Å²) >= 11 is 1.82. The SMILES string of the molecule is COCCOc1cccc(CN[C@@H]2CCCN(C(=O)C3CC3)[C@H]2c2ccc(C)s2)c1. The number of nitrogens with one attached hydrogen (secondary N) is 1. The average molecular weight is 429 g/mol. The molecule has 1 saturated heterocycles. The maximum absolute atomic E-state index is 13.0. The minimum absolute atomic E-state index is 0.131. The molecule has 162 valence electrons. The fourth-order valence-electron chi connectivity index (χ4n) is 4.22. The Morgan fingerprint density at radius 1 is 1.20 bits per heavy atom. The number of likely N-dealkylation sites (tertiary alicyclic amines) is 1. The molecule has 1 aliphatic heterocycles. The van der Waals surface area contributed by atoms with Gasteiger partial charge in [0, 0.05) is 41.9 Å². The Labute approximate surface area is 183 Å². The molecule has 2 heterocycles. The van der Waals surface area contributed by atoms with Crippen LogP contribution in [0.5, 0.6) is 5.75 Å². The minimum Gasteiger partial charge on any atom is -0.491 e. The fraction of sp³-hybridized carbons (Fsp3) is 0.542. The van der Waals surface area contributed by atoms with Crippen LogP contribution in [0.25, 0.3) is 0 Å². The quantitative estimate of drug-likeness (QED) is 0.605. The van der Waals surface area contributed by atoms with Crippen molar-refractivity contribution in [2.75, 3.05) is 26.9 Å². The maximum Gasteiger partial charge on any atom is 0.226 e. The highest BCUT2D eigenvalue weighted by atomic mass is 32.1. The van der Waals surface area contributed by atoms with Crippen molar-refractivity contribution in [3.05, 3.63) is 51.7 Å². The number of piperidine rings is 1. The van der Waals surface area contributed by atoms with Crippen LogP contribution in [0.15, 0.2) is 36.4 Å². The molecule has 1 N–H and O–H groups in total. The van der Waals surface area contributed by atoms with Gasteiger partial charge in [0.15, 0.2) is 0 Å². The van der Waals surface area contributed by atoms with Gasteiger partial charge >= 0.3 is 0 Å². The zero-order valence-electron chi connectivity index (χ0n) is 17.9. The van der Waals surface area contributed by atoms with E-state index < -0.39 is 0 Å². The topological polar surface area (TPSA) is 50.8 Å². The summed E-state index contributed by atoms with van der Waals surface area (Å²) in [6.07, 6.45) is 4.25. The molecule has 1 aliphatic carbocycles. The summed E-state index contributed by atoms with van der Waals surface area (Å²) in [6, 6.07) is 13.0. The third-order valence-corrected chi connectivity index (χ3v) is 6.99. The van der Waals surface area contributed by atoms with Crippen molar-refractivity contribution in [2.24, 2.45) is 5.92 Å². The summed E-state index contributed by atoms with van der Waals surface area (Å²) in [7, 11) is 1.68. The van der Waals surface area contributed by atoms with Crippen molar-refractivity contribution in [1.29, 1.82) is 0 Å². The summed E-state index contributed by atoms with van der Waals surface area (Å²) in [5.74, 6) is 1.48. The highest BCUT2D eigenvalue weighted by Crippen LogP contribution is 2.40. The summed E-state index contributed by atoms with van der Waals surface area (Å²) in [5, 5.41) is 3.77. The molecule has 5 nitrogen and oxygen atoms in total. The zero-order valence-corrected chi connectivity index (χ0v) is 18.7. The predicted octanol–water partition coefficient (Wildman–Crippen LogP) is 4.31. The second-order valence-electron chi connectivity index (χ2n) is 8.32. The van der Waals surface area contributed by atoms with E-state index in [4.69, 9.17) is 9.47 Å². The van der Waals surface area contributed by atoms with E-state index in [1.807, 2.05) is 23.5 Å². The van der Waals surface area contributed by atoms with Crippen molar-refractivity contribution in [2.45, 2.75) is 51.2 Å². The molecular weight excluding hydrogens is 396 g/mol. The Morgan fingerprint density at radius 2 is 2.07 bits per heavy atom. The van der Waals surface area contributed by atoms with Gasteiger partial charge in [-0.05, 0) is 62.4 Å². The van der Waals surface area contributed by atoms with Crippen LogP contribution in [0.3, 0.4) is 0 Å². The Balaban J connectivity index is 1.46. The fourth-order valence-corrected chi connectivity index (χ4v) is 5.28. The summed E-state index contributed by atoms with van der Waals surface area (Å²) in [4.78, 5) is 17.8. The highest BCUT2D eigenvalue weighted by molar-refractivity contribution is 7.12. The number of hydrogen-bond donors (Lipinski definition) is 1. The average Bonchev–Trinajstić information content (AvgIpc) is 3.53. The second-order valence-corrected chi connectivity index (χ2v) is 9.64. The molecule has 2 aromatic rings. The first-order chi connectivity index (χ1) is 14.7. The van der Waals surface area contributed by atoms with Crippen molar-refractivity contribution in [3.8, 4) is 5.75 Å². The molecule has 2 fully saturated rings. The van der Waals surface area contributed by atoms with Crippen molar-refractivity contribution >= 4 is 17.2 Å². The van der Waals surface area contributed by atoms with Gasteiger partial charge in [0.25, 0.3) is 0 Å². The molecule has 4 rings (SSSR count). The lowest BCUT2D eigenvalue weighted by Gasteiger charge is -2.41. The van der Waals surface area contributed by atoms with Crippen molar-refractivity contribution in [1.82, 2.24) is 10.2 Å². The van der Waals surface area contributed by atoms with Gasteiger partial charge in [0.1, 0.15) is 12.4 Å². The number of ether oxygens (including phenoxy) is 2. The first-order valence-electron chi connectivity index (χ1n) is 11.0. The number of benzene rings is 1. The van der Waals surface area contributed by atoms with Crippen LogP contribution in [0.4, 0.5) is 0 Å². The summed E-state index contributed by atoms with van der Waals surface area (Å²) in [5.41, 5.74) is 1.19. The van der Waals surface area contributed by atoms with Crippen molar-refractivity contribution < 1.29 is 14.3 Å². The molecule has 0 radical (unpaired) electrons. The number of aryl methyl sites for hydroxylation is 1. The molecule has 0 unspecified atom stereocenters. The van der Waals surface area contributed by atoms with Gasteiger partial charge in [-0.15, -0.1) is 11.3 Å². The van der Waals surface area contributed by atoms with Gasteiger partial charge in [-0.25, -0.2) is 0 Å². The molecule has 1 aromatic carbocycles.